The number of ether oxygens (including phenoxy) is 1. The molecule has 0 bridgehead atoms. The van der Waals surface area contributed by atoms with Crippen LogP contribution in [0.4, 0.5) is 5.69 Å². The largest absolute Gasteiger partial charge is 0.496 e. The second-order valence-corrected chi connectivity index (χ2v) is 4.51. The fourth-order valence-corrected chi connectivity index (χ4v) is 2.31. The zero-order valence-electron chi connectivity index (χ0n) is 9.40. The molecule has 0 amide bonds. The first-order valence-corrected chi connectivity index (χ1v) is 6.19. The van der Waals surface area contributed by atoms with E-state index in [2.05, 4.69) is 6.07 Å². The third kappa shape index (κ3) is 4.03. The van der Waals surface area contributed by atoms with Gasteiger partial charge < -0.3 is 10.5 Å². The Morgan fingerprint density at radius 2 is 2.25 bits per heavy atom. The van der Waals surface area contributed by atoms with Crippen molar-refractivity contribution in [1.82, 2.24) is 0 Å². The Labute approximate surface area is 101 Å². The van der Waals surface area contributed by atoms with E-state index in [4.69, 9.17) is 15.7 Å². The molecule has 1 aromatic carbocycles. The predicted molar refractivity (Wildman–Crippen MR) is 67.6 cm³/mol. The molecular weight excluding hydrogens is 220 g/mol. The van der Waals surface area contributed by atoms with Gasteiger partial charge in [0.15, 0.2) is 0 Å². The first-order chi connectivity index (χ1) is 7.77. The maximum absolute atomic E-state index is 8.40. The van der Waals surface area contributed by atoms with Crippen molar-refractivity contribution in [2.24, 2.45) is 0 Å². The van der Waals surface area contributed by atoms with Gasteiger partial charge >= 0.3 is 0 Å². The number of rotatable bonds is 6. The van der Waals surface area contributed by atoms with Crippen LogP contribution >= 0.6 is 11.8 Å². The summed E-state index contributed by atoms with van der Waals surface area (Å²) in [5.41, 5.74) is 6.39. The molecule has 0 fully saturated rings. The van der Waals surface area contributed by atoms with E-state index in [1.165, 1.54) is 0 Å². The smallest absolute Gasteiger partial charge is 0.134 e. The van der Waals surface area contributed by atoms with Gasteiger partial charge in [0.05, 0.1) is 13.2 Å². The molecule has 1 rings (SSSR count). The summed E-state index contributed by atoms with van der Waals surface area (Å²) in [7, 11) is 1.65. The Hall–Kier alpha value is -1.34. The molecule has 0 unspecified atom stereocenters. The van der Waals surface area contributed by atoms with Gasteiger partial charge in [-0.15, -0.1) is 11.8 Å². The van der Waals surface area contributed by atoms with Gasteiger partial charge in [-0.05, 0) is 30.7 Å². The summed E-state index contributed by atoms with van der Waals surface area (Å²) in [5, 5.41) is 8.40. The van der Waals surface area contributed by atoms with Gasteiger partial charge in [-0.3, -0.25) is 0 Å². The van der Waals surface area contributed by atoms with Crippen LogP contribution in [0.2, 0.25) is 0 Å². The number of nitriles is 1. The molecule has 0 heterocycles. The summed E-state index contributed by atoms with van der Waals surface area (Å²) in [5.74, 6) is 1.83. The number of anilines is 1. The van der Waals surface area contributed by atoms with Gasteiger partial charge in [0, 0.05) is 23.1 Å². The fourth-order valence-electron chi connectivity index (χ4n) is 1.29. The van der Waals surface area contributed by atoms with Crippen molar-refractivity contribution in [3.63, 3.8) is 0 Å². The fraction of sp³-hybridized carbons (Fsp3) is 0.417. The molecule has 3 nitrogen and oxygen atoms in total. The average Bonchev–Trinajstić information content (AvgIpc) is 2.30. The molecule has 16 heavy (non-hydrogen) atoms. The summed E-state index contributed by atoms with van der Waals surface area (Å²) in [6.07, 6.45) is 2.64. The van der Waals surface area contributed by atoms with E-state index in [1.807, 2.05) is 18.2 Å². The molecule has 0 radical (unpaired) electrons. The highest BCUT2D eigenvalue weighted by molar-refractivity contribution is 7.99. The zero-order valence-corrected chi connectivity index (χ0v) is 10.2. The Morgan fingerprint density at radius 3 is 2.94 bits per heavy atom. The Morgan fingerprint density at radius 1 is 1.44 bits per heavy atom. The number of nitrogen functional groups attached to an aromatic ring is 1. The number of nitrogens with two attached hydrogens (primary N) is 1. The maximum Gasteiger partial charge on any atom is 0.134 e. The number of hydrogen-bond acceptors (Lipinski definition) is 4. The Balaban J connectivity index is 2.44. The van der Waals surface area contributed by atoms with Crippen LogP contribution in [-0.2, 0) is 0 Å². The molecule has 0 saturated heterocycles. The van der Waals surface area contributed by atoms with Crippen LogP contribution in [-0.4, -0.2) is 12.9 Å². The summed E-state index contributed by atoms with van der Waals surface area (Å²) in [6.45, 7) is 0. The summed E-state index contributed by atoms with van der Waals surface area (Å²) in [4.78, 5) is 1.11. The van der Waals surface area contributed by atoms with Gasteiger partial charge in [0.25, 0.3) is 0 Å². The third-order valence-electron chi connectivity index (χ3n) is 2.13. The minimum atomic E-state index is 0.638. The van der Waals surface area contributed by atoms with Crippen LogP contribution in [0.15, 0.2) is 23.1 Å². The second kappa shape index (κ2) is 7.02. The minimum Gasteiger partial charge on any atom is -0.496 e. The van der Waals surface area contributed by atoms with Crippen LogP contribution in [0.1, 0.15) is 19.3 Å². The zero-order chi connectivity index (χ0) is 11.8. The number of nitrogens with zero attached hydrogens (tertiary/aromatic N) is 1. The van der Waals surface area contributed by atoms with Crippen LogP contribution in [0.25, 0.3) is 0 Å². The van der Waals surface area contributed by atoms with E-state index in [0.717, 1.165) is 29.2 Å². The summed E-state index contributed by atoms with van der Waals surface area (Å²) < 4.78 is 5.25. The lowest BCUT2D eigenvalue weighted by Gasteiger charge is -2.08. The number of methoxy groups -OCH3 is 1. The SMILES string of the molecule is COc1cc(N)ccc1SCCCCC#N. The minimum absolute atomic E-state index is 0.638. The van der Waals surface area contributed by atoms with Crippen molar-refractivity contribution in [1.29, 1.82) is 5.26 Å². The second-order valence-electron chi connectivity index (χ2n) is 3.37. The number of unbranched alkanes of at least 4 members (excludes halogenated alkanes) is 2. The number of hydrogen-bond donors (Lipinski definition) is 1. The molecule has 0 aliphatic heterocycles. The van der Waals surface area contributed by atoms with Crippen molar-refractivity contribution in [3.8, 4) is 11.8 Å². The van der Waals surface area contributed by atoms with Gasteiger partial charge in [-0.25, -0.2) is 0 Å². The van der Waals surface area contributed by atoms with Crippen molar-refractivity contribution in [3.05, 3.63) is 18.2 Å². The lowest BCUT2D eigenvalue weighted by molar-refractivity contribution is 0.405. The highest BCUT2D eigenvalue weighted by Crippen LogP contribution is 2.31. The summed E-state index contributed by atoms with van der Waals surface area (Å²) >= 11 is 1.74. The average molecular weight is 236 g/mol. The Bertz CT molecular complexity index is 374. The monoisotopic (exact) mass is 236 g/mol. The Kier molecular flexibility index (Phi) is 5.58. The molecule has 0 aliphatic rings. The molecule has 0 saturated carbocycles. The van der Waals surface area contributed by atoms with Gasteiger partial charge in [0.1, 0.15) is 5.75 Å². The molecule has 0 aliphatic carbocycles. The first-order valence-electron chi connectivity index (χ1n) is 5.21. The molecular formula is C12H16N2OS. The van der Waals surface area contributed by atoms with Crippen LogP contribution in [0.5, 0.6) is 5.75 Å². The lowest BCUT2D eigenvalue weighted by Crippen LogP contribution is -1.91. The summed E-state index contributed by atoms with van der Waals surface area (Å²) in [6, 6.07) is 7.83. The van der Waals surface area contributed by atoms with Crippen LogP contribution in [0.3, 0.4) is 0 Å². The highest BCUT2D eigenvalue weighted by Gasteiger charge is 2.03. The topological polar surface area (TPSA) is 59.0 Å². The lowest BCUT2D eigenvalue weighted by atomic mass is 10.3. The van der Waals surface area contributed by atoms with Gasteiger partial charge in [0.2, 0.25) is 0 Å². The number of thioether (sulfide) groups is 1. The normalized spacial score (nSPS) is 9.75. The van der Waals surface area contributed by atoms with E-state index in [1.54, 1.807) is 18.9 Å². The van der Waals surface area contributed by atoms with E-state index in [9.17, 15) is 0 Å². The molecule has 1 aromatic rings. The van der Waals surface area contributed by atoms with E-state index < -0.39 is 0 Å². The third-order valence-corrected chi connectivity index (χ3v) is 3.27. The van der Waals surface area contributed by atoms with E-state index in [0.29, 0.717) is 12.1 Å². The van der Waals surface area contributed by atoms with Crippen LogP contribution < -0.4 is 10.5 Å². The van der Waals surface area contributed by atoms with Gasteiger partial charge in [-0.1, -0.05) is 0 Å². The standard InChI is InChI=1S/C12H16N2OS/c1-15-11-9-10(14)5-6-12(11)16-8-4-2-3-7-13/h5-6,9H,2-4,8,14H2,1H3. The quantitative estimate of drug-likeness (QED) is 0.468. The molecule has 4 heteroatoms. The molecule has 0 spiro atoms. The van der Waals surface area contributed by atoms with Crippen molar-refractivity contribution in [2.75, 3.05) is 18.6 Å². The molecule has 86 valence electrons. The van der Waals surface area contributed by atoms with Gasteiger partial charge in [-0.2, -0.15) is 5.26 Å². The van der Waals surface area contributed by atoms with Crippen LogP contribution in [0, 0.1) is 11.3 Å². The molecule has 0 atom stereocenters. The predicted octanol–water partition coefficient (Wildman–Crippen LogP) is 3.06. The first kappa shape index (κ1) is 12.7. The van der Waals surface area contributed by atoms with Crippen molar-refractivity contribution < 1.29 is 4.74 Å². The van der Waals surface area contributed by atoms with Crippen molar-refractivity contribution in [2.45, 2.75) is 24.2 Å². The van der Waals surface area contributed by atoms with E-state index >= 15 is 0 Å². The molecule has 2 N–H and O–H groups in total. The number of benzene rings is 1. The molecule has 0 aromatic heterocycles. The highest BCUT2D eigenvalue weighted by atomic mass is 32.2. The van der Waals surface area contributed by atoms with Crippen molar-refractivity contribution >= 4 is 17.4 Å². The maximum atomic E-state index is 8.40. The van der Waals surface area contributed by atoms with E-state index in [-0.39, 0.29) is 0 Å².